The molecule has 506 valence electrons. The molecule has 9 aliphatic rings. The number of piperidine rings is 1. The standard InChI is InChI=1S/C80H105N9O6/c1-52(91)47-88-75-46-79(45-71-68-26-30-84-48-62(68)35-59-19-11-27-85-77(59)71)42-57-22-23-74(79)80(75)43-60(65(44-80)49-83-29-24-54-14-7-4-8-15-54)25-31-87-78(82)86-28-10-18-58(33-56-17-9-16-55(32-56)21-20-53-12-5-3-6-13-53)70-41-76(81)89-50-63(70)36-61-38-72(94)73(95-2)40-69(61)64(51-90)37-67(93)39-66(92)34-57/h3-9,11-17,19,32,37-38,40-41,50,52,57-60,62,65,68,71,74-77,83-85,88-91,94H,18,20-27,29-31,33-36,39,42-49,51,81H2,1-2H3,(H3,82,86,87). The van der Waals surface area contributed by atoms with Crippen molar-refractivity contribution in [2.24, 2.45) is 80.6 Å². The number of aliphatic hydroxyl groups excluding tert-OH is 2. The first kappa shape index (κ1) is 68.1. The second kappa shape index (κ2) is 31.6. The summed E-state index contributed by atoms with van der Waals surface area (Å²) in [5.74, 6) is 6.65. The van der Waals surface area contributed by atoms with Crippen LogP contribution in [0, 0.1) is 76.1 Å². The van der Waals surface area contributed by atoms with Gasteiger partial charge in [0.1, 0.15) is 5.78 Å². The average Bonchev–Trinajstić information content (AvgIpc) is 1.55. The predicted octanol–water partition coefficient (Wildman–Crippen LogP) is 9.01. The number of phenolic OH excluding ortho intramolecular Hbond substituents is 1. The topological polar surface area (TPSA) is 241 Å². The number of benzene rings is 4. The van der Waals surface area contributed by atoms with Gasteiger partial charge in [-0.2, -0.15) is 4.99 Å². The lowest BCUT2D eigenvalue weighted by Gasteiger charge is -2.55. The minimum absolute atomic E-state index is 0.0589. The largest absolute Gasteiger partial charge is 0.504 e. The van der Waals surface area contributed by atoms with E-state index in [4.69, 9.17) is 16.2 Å². The number of aliphatic imine (C=N–C) groups is 1. The number of phenols is 1. The summed E-state index contributed by atoms with van der Waals surface area (Å²) in [5.41, 5.74) is 21.8. The number of methoxy groups -OCH3 is 1. The number of aryl methyl sites for hydroxylation is 2. The number of ether oxygens (including phenoxy) is 1. The van der Waals surface area contributed by atoms with E-state index in [-0.39, 0.29) is 58.2 Å². The highest BCUT2D eigenvalue weighted by Crippen LogP contribution is 2.71. The summed E-state index contributed by atoms with van der Waals surface area (Å²) < 4.78 is 5.68. The lowest BCUT2D eigenvalue weighted by molar-refractivity contribution is -0.126. The molecule has 13 rings (SSSR count). The number of nitrogens with zero attached hydrogens (tertiary/aromatic N) is 1. The molecule has 0 aromatic heterocycles. The van der Waals surface area contributed by atoms with Crippen LogP contribution in [0.2, 0.25) is 0 Å². The third kappa shape index (κ3) is 16.4. The normalized spacial score (nSPS) is 31.4. The molecular formula is C80H105N9O6. The number of carbonyl (C=O) groups excluding carboxylic acids is 2. The van der Waals surface area contributed by atoms with Gasteiger partial charge in [0.05, 0.1) is 32.4 Å². The van der Waals surface area contributed by atoms with E-state index in [0.29, 0.717) is 109 Å². The monoisotopic (exact) mass is 1290 g/mol. The summed E-state index contributed by atoms with van der Waals surface area (Å²) in [6.07, 6.45) is 23.8. The van der Waals surface area contributed by atoms with Crippen LogP contribution in [0.1, 0.15) is 124 Å². The van der Waals surface area contributed by atoms with Crippen LogP contribution < -0.4 is 48.1 Å². The quantitative estimate of drug-likeness (QED) is 0.0205. The molecule has 0 amide bonds. The summed E-state index contributed by atoms with van der Waals surface area (Å²) in [5, 5.41) is 56.7. The predicted molar refractivity (Wildman–Crippen MR) is 379 cm³/mol. The smallest absolute Gasteiger partial charge is 0.202 e. The Kier molecular flexibility index (Phi) is 22.6. The summed E-state index contributed by atoms with van der Waals surface area (Å²) in [6.45, 7) is 7.35. The van der Waals surface area contributed by atoms with Crippen molar-refractivity contribution in [1.29, 1.82) is 0 Å². The van der Waals surface area contributed by atoms with Gasteiger partial charge in [-0.05, 0) is 268 Å². The fourth-order valence-electron chi connectivity index (χ4n) is 19.6. The van der Waals surface area contributed by atoms with Gasteiger partial charge in [-0.1, -0.05) is 103 Å². The van der Waals surface area contributed by atoms with Crippen LogP contribution in [-0.4, -0.2) is 117 Å². The number of nitrogens with two attached hydrogens (primary N) is 2. The van der Waals surface area contributed by atoms with Crippen molar-refractivity contribution in [3.8, 4) is 23.5 Å². The molecule has 5 heterocycles. The van der Waals surface area contributed by atoms with Crippen molar-refractivity contribution in [1.82, 2.24) is 31.9 Å². The average molecular weight is 1290 g/mol. The summed E-state index contributed by atoms with van der Waals surface area (Å²) in [7, 11) is 1.48. The summed E-state index contributed by atoms with van der Waals surface area (Å²) in [6, 6.07) is 37.1. The van der Waals surface area contributed by atoms with Crippen LogP contribution in [0.25, 0.3) is 5.57 Å². The molecule has 0 radical (unpaired) electrons. The Labute approximate surface area is 564 Å². The molecular weight excluding hydrogens is 1180 g/mol. The van der Waals surface area contributed by atoms with Gasteiger partial charge < -0.3 is 63.4 Å². The third-order valence-electron chi connectivity index (χ3n) is 23.5. The molecule has 4 aliphatic carbocycles. The van der Waals surface area contributed by atoms with Gasteiger partial charge in [-0.3, -0.25) is 9.59 Å². The molecule has 1 spiro atoms. The Morgan fingerprint density at radius 3 is 2.46 bits per heavy atom. The van der Waals surface area contributed by atoms with E-state index < -0.39 is 18.9 Å². The molecule has 5 fully saturated rings. The molecule has 4 aromatic rings. The molecule has 1 saturated heterocycles. The van der Waals surface area contributed by atoms with Crippen LogP contribution in [0.15, 0.2) is 144 Å². The van der Waals surface area contributed by atoms with E-state index in [0.717, 1.165) is 120 Å². The number of nitrogens with one attached hydrogen (secondary N) is 6. The molecule has 5 bridgehead atoms. The van der Waals surface area contributed by atoms with Crippen molar-refractivity contribution >= 4 is 23.1 Å². The molecule has 4 saturated carbocycles. The number of fused-ring (bicyclic) bond motifs is 13. The number of guanidine groups is 1. The van der Waals surface area contributed by atoms with Gasteiger partial charge in [0, 0.05) is 56.8 Å². The van der Waals surface area contributed by atoms with E-state index in [1.54, 1.807) is 12.1 Å². The van der Waals surface area contributed by atoms with E-state index in [1.165, 1.54) is 42.7 Å². The van der Waals surface area contributed by atoms with Crippen molar-refractivity contribution in [2.45, 2.75) is 147 Å². The minimum atomic E-state index is -0.512. The fourth-order valence-corrected chi connectivity index (χ4v) is 19.6. The first-order valence-corrected chi connectivity index (χ1v) is 35.9. The number of Topliss-reactive ketones (excluding diaryl/α,β-unsaturated/α-hetero) is 1. The lowest BCUT2D eigenvalue weighted by atomic mass is 9.52. The zero-order chi connectivity index (χ0) is 65.9. The number of rotatable bonds is 17. The van der Waals surface area contributed by atoms with E-state index in [9.17, 15) is 24.9 Å². The Morgan fingerprint density at radius 1 is 0.874 bits per heavy atom. The highest BCUT2D eigenvalue weighted by molar-refractivity contribution is 6.08. The van der Waals surface area contributed by atoms with Crippen LogP contribution in [-0.2, 0) is 41.7 Å². The number of hydrogen-bond acceptors (Lipinski definition) is 15. The maximum Gasteiger partial charge on any atom is 0.202 e. The molecule has 4 aromatic carbocycles. The van der Waals surface area contributed by atoms with Gasteiger partial charge in [-0.25, -0.2) is 0 Å². The van der Waals surface area contributed by atoms with Crippen molar-refractivity contribution in [3.63, 3.8) is 0 Å². The van der Waals surface area contributed by atoms with Gasteiger partial charge >= 0.3 is 0 Å². The number of ketones is 2. The van der Waals surface area contributed by atoms with E-state index in [2.05, 4.69) is 140 Å². The highest BCUT2D eigenvalue weighted by Gasteiger charge is 2.67. The summed E-state index contributed by atoms with van der Waals surface area (Å²) >= 11 is 0. The Bertz CT molecular complexity index is 3520. The molecule has 15 atom stereocenters. The van der Waals surface area contributed by atoms with Gasteiger partial charge in [0.15, 0.2) is 17.3 Å². The van der Waals surface area contributed by atoms with Crippen LogP contribution in [0.5, 0.6) is 11.5 Å². The molecule has 13 N–H and O–H groups in total. The Balaban J connectivity index is 0.902. The van der Waals surface area contributed by atoms with E-state index >= 15 is 0 Å². The SMILES string of the molecule is COc1cc2c(cc1O)CC1=CNC(N)C=C1C(Cc1cccc(CCc3ccccc3)c1)CC#CN=C(N)NCCC1CC3(CC1CNCCc1ccccc1)C(NCC(C)O)CC1(CC4C5CCNCC5CC5C=CCNC54)CC(CCC13)CC(=O)CC(=O)C=C2CO. The maximum absolute atomic E-state index is 14.8. The van der Waals surface area contributed by atoms with Gasteiger partial charge in [0.25, 0.3) is 0 Å². The lowest BCUT2D eigenvalue weighted by Crippen LogP contribution is -2.57. The number of allylic oxidation sites excluding steroid dienone is 3. The van der Waals surface area contributed by atoms with Crippen molar-refractivity contribution in [3.05, 3.63) is 172 Å². The molecule has 15 unspecified atom stereocenters. The van der Waals surface area contributed by atoms with E-state index in [1.807, 2.05) is 25.3 Å². The first-order chi connectivity index (χ1) is 46.2. The Hall–Kier alpha value is -6.87. The third-order valence-corrected chi connectivity index (χ3v) is 23.5. The molecule has 15 nitrogen and oxygen atoms in total. The summed E-state index contributed by atoms with van der Waals surface area (Å²) in [4.78, 5) is 34.1. The van der Waals surface area contributed by atoms with Crippen molar-refractivity contribution < 1.29 is 29.6 Å². The fraction of sp³-hybridized carbons (Fsp3) is 0.537. The van der Waals surface area contributed by atoms with Crippen LogP contribution >= 0.6 is 0 Å². The number of aromatic hydroxyl groups is 1. The first-order valence-electron chi connectivity index (χ1n) is 35.9. The number of dihydropyridines is 1. The maximum atomic E-state index is 14.8. The Morgan fingerprint density at radius 2 is 1.66 bits per heavy atom. The van der Waals surface area contributed by atoms with Crippen LogP contribution in [0.3, 0.4) is 0 Å². The number of hydrogen-bond donors (Lipinski definition) is 11. The van der Waals surface area contributed by atoms with Crippen molar-refractivity contribution in [2.75, 3.05) is 59.5 Å². The zero-order valence-electron chi connectivity index (χ0n) is 56.2. The second-order valence-electron chi connectivity index (χ2n) is 29.7. The number of aliphatic hydroxyl groups is 2. The second-order valence-corrected chi connectivity index (χ2v) is 29.7. The molecule has 95 heavy (non-hydrogen) atoms. The van der Waals surface area contributed by atoms with Gasteiger partial charge in [0.2, 0.25) is 5.96 Å². The van der Waals surface area contributed by atoms with Gasteiger partial charge in [-0.15, -0.1) is 0 Å². The molecule has 15 heteroatoms. The molecule has 5 aliphatic heterocycles. The van der Waals surface area contributed by atoms with Crippen LogP contribution in [0.4, 0.5) is 0 Å². The highest BCUT2D eigenvalue weighted by atomic mass is 16.5. The number of carbonyl (C=O) groups is 2. The minimum Gasteiger partial charge on any atom is -0.504 e. The zero-order valence-corrected chi connectivity index (χ0v) is 56.2.